The van der Waals surface area contributed by atoms with Crippen LogP contribution in [0, 0.1) is 0 Å². The minimum absolute atomic E-state index is 0.00974. The molecule has 38 heavy (non-hydrogen) atoms. The van der Waals surface area contributed by atoms with Crippen LogP contribution in [0.2, 0.25) is 0 Å². The van der Waals surface area contributed by atoms with Gasteiger partial charge in [-0.15, -0.1) is 0 Å². The van der Waals surface area contributed by atoms with Crippen molar-refractivity contribution >= 4 is 11.8 Å². The van der Waals surface area contributed by atoms with Gasteiger partial charge in [-0.1, -0.05) is 60.7 Å². The number of hydrogen-bond donors (Lipinski definition) is 0. The molecule has 0 bridgehead atoms. The highest BCUT2D eigenvalue weighted by Gasteiger charge is 2.23. The Bertz CT molecular complexity index is 1090. The Morgan fingerprint density at radius 2 is 1.53 bits per heavy atom. The van der Waals surface area contributed by atoms with Crippen LogP contribution in [-0.2, 0) is 38.8 Å². The molecule has 1 fully saturated rings. The molecular weight excluding hydrogens is 482 g/mol. The standard InChI is InChI=1S/C30H37N3O5/c34-29(33(22-28-13-7-18-38-28)21-26-9-3-1-4-10-26)23-32(15-8-14-31-16-19-36-20-17-31)30(35)25-37-24-27-11-5-2-6-12-27/h1-7,9-13,18H,8,14-17,19-25H2. The largest absolute Gasteiger partial charge is 0.467 e. The van der Waals surface area contributed by atoms with Crippen LogP contribution >= 0.6 is 0 Å². The Kier molecular flexibility index (Phi) is 10.9. The number of hydrogen-bond acceptors (Lipinski definition) is 6. The zero-order valence-corrected chi connectivity index (χ0v) is 21.9. The van der Waals surface area contributed by atoms with Crippen LogP contribution in [0.4, 0.5) is 0 Å². The quantitative estimate of drug-likeness (QED) is 0.324. The summed E-state index contributed by atoms with van der Waals surface area (Å²) in [5.41, 5.74) is 2.02. The van der Waals surface area contributed by atoms with E-state index in [2.05, 4.69) is 4.90 Å². The number of carbonyl (C=O) groups excluding carboxylic acids is 2. The maximum Gasteiger partial charge on any atom is 0.249 e. The Morgan fingerprint density at radius 3 is 2.21 bits per heavy atom. The second-order valence-electron chi connectivity index (χ2n) is 9.42. The van der Waals surface area contributed by atoms with E-state index in [1.807, 2.05) is 72.8 Å². The lowest BCUT2D eigenvalue weighted by Gasteiger charge is -2.29. The number of furan rings is 1. The SMILES string of the molecule is O=C(COCc1ccccc1)N(CCCN1CCOCC1)CC(=O)N(Cc1ccccc1)Cc1ccco1. The highest BCUT2D eigenvalue weighted by atomic mass is 16.5. The number of morpholine rings is 1. The number of nitrogens with zero attached hydrogens (tertiary/aromatic N) is 3. The van der Waals surface area contributed by atoms with Crippen molar-refractivity contribution in [2.45, 2.75) is 26.1 Å². The van der Waals surface area contributed by atoms with Crippen LogP contribution < -0.4 is 0 Å². The van der Waals surface area contributed by atoms with Crippen molar-refractivity contribution in [2.75, 3.05) is 52.5 Å². The van der Waals surface area contributed by atoms with Gasteiger partial charge in [0.2, 0.25) is 11.8 Å². The minimum Gasteiger partial charge on any atom is -0.467 e. The highest BCUT2D eigenvalue weighted by molar-refractivity contribution is 5.85. The third kappa shape index (κ3) is 9.13. The molecule has 4 rings (SSSR count). The summed E-state index contributed by atoms with van der Waals surface area (Å²) in [5, 5.41) is 0. The molecule has 0 radical (unpaired) electrons. The van der Waals surface area contributed by atoms with Crippen LogP contribution in [-0.4, -0.2) is 79.1 Å². The summed E-state index contributed by atoms with van der Waals surface area (Å²) < 4.78 is 16.7. The normalized spacial score (nSPS) is 13.8. The molecule has 0 aliphatic carbocycles. The number of benzene rings is 2. The second-order valence-corrected chi connectivity index (χ2v) is 9.42. The van der Waals surface area contributed by atoms with Gasteiger partial charge in [-0.3, -0.25) is 14.5 Å². The van der Waals surface area contributed by atoms with E-state index < -0.39 is 0 Å². The fourth-order valence-electron chi connectivity index (χ4n) is 4.41. The lowest BCUT2D eigenvalue weighted by atomic mass is 10.2. The fraction of sp³-hybridized carbons (Fsp3) is 0.400. The monoisotopic (exact) mass is 519 g/mol. The van der Waals surface area contributed by atoms with Crippen molar-refractivity contribution in [3.05, 3.63) is 95.9 Å². The summed E-state index contributed by atoms with van der Waals surface area (Å²) in [7, 11) is 0. The molecule has 1 aliphatic rings. The third-order valence-electron chi connectivity index (χ3n) is 6.52. The molecule has 202 valence electrons. The van der Waals surface area contributed by atoms with Crippen molar-refractivity contribution in [1.29, 1.82) is 0 Å². The average molecular weight is 520 g/mol. The molecule has 3 aromatic rings. The first kappa shape index (κ1) is 27.6. The first-order chi connectivity index (χ1) is 18.7. The molecule has 0 atom stereocenters. The Morgan fingerprint density at radius 1 is 0.816 bits per heavy atom. The van der Waals surface area contributed by atoms with Crippen molar-refractivity contribution in [2.24, 2.45) is 0 Å². The van der Waals surface area contributed by atoms with Gasteiger partial charge >= 0.3 is 0 Å². The third-order valence-corrected chi connectivity index (χ3v) is 6.52. The predicted molar refractivity (Wildman–Crippen MR) is 144 cm³/mol. The molecule has 2 aromatic carbocycles. The molecule has 0 unspecified atom stereocenters. The molecule has 0 N–H and O–H groups in total. The molecule has 1 aliphatic heterocycles. The molecule has 8 heteroatoms. The van der Waals surface area contributed by atoms with Crippen molar-refractivity contribution in [3.63, 3.8) is 0 Å². The van der Waals surface area contributed by atoms with E-state index in [9.17, 15) is 9.59 Å². The van der Waals surface area contributed by atoms with E-state index in [0.717, 1.165) is 50.4 Å². The zero-order chi connectivity index (χ0) is 26.4. The number of rotatable bonds is 14. The summed E-state index contributed by atoms with van der Waals surface area (Å²) in [6, 6.07) is 23.3. The predicted octanol–water partition coefficient (Wildman–Crippen LogP) is 3.58. The van der Waals surface area contributed by atoms with Crippen molar-refractivity contribution < 1.29 is 23.5 Å². The summed E-state index contributed by atoms with van der Waals surface area (Å²) in [6.07, 6.45) is 2.38. The molecule has 0 spiro atoms. The van der Waals surface area contributed by atoms with Crippen molar-refractivity contribution in [1.82, 2.24) is 14.7 Å². The van der Waals surface area contributed by atoms with E-state index in [-0.39, 0.29) is 25.0 Å². The number of ether oxygens (including phenoxy) is 2. The first-order valence-corrected chi connectivity index (χ1v) is 13.2. The summed E-state index contributed by atoms with van der Waals surface area (Å²) in [5.74, 6) is 0.382. The number of amides is 2. The zero-order valence-electron chi connectivity index (χ0n) is 21.9. The summed E-state index contributed by atoms with van der Waals surface area (Å²) in [4.78, 5) is 32.5. The van der Waals surface area contributed by atoms with Gasteiger partial charge in [0.1, 0.15) is 12.4 Å². The van der Waals surface area contributed by atoms with Gasteiger partial charge in [0.15, 0.2) is 0 Å². The van der Waals surface area contributed by atoms with Gasteiger partial charge in [-0.2, -0.15) is 0 Å². The molecular formula is C30H37N3O5. The fourth-order valence-corrected chi connectivity index (χ4v) is 4.41. The van der Waals surface area contributed by atoms with Gasteiger partial charge in [0.05, 0.1) is 39.2 Å². The van der Waals surface area contributed by atoms with Crippen molar-refractivity contribution in [3.8, 4) is 0 Å². The molecule has 0 saturated carbocycles. The lowest BCUT2D eigenvalue weighted by molar-refractivity contribution is -0.144. The van der Waals surface area contributed by atoms with Crippen LogP contribution in [0.1, 0.15) is 23.3 Å². The lowest BCUT2D eigenvalue weighted by Crippen LogP contribution is -2.45. The Balaban J connectivity index is 1.39. The summed E-state index contributed by atoms with van der Waals surface area (Å²) >= 11 is 0. The van der Waals surface area contributed by atoms with E-state index in [4.69, 9.17) is 13.9 Å². The molecule has 1 saturated heterocycles. The van der Waals surface area contributed by atoms with Gasteiger partial charge < -0.3 is 23.7 Å². The molecule has 8 nitrogen and oxygen atoms in total. The van der Waals surface area contributed by atoms with E-state index in [1.54, 1.807) is 16.1 Å². The maximum atomic E-state index is 13.6. The topological polar surface area (TPSA) is 75.5 Å². The Labute approximate surface area is 224 Å². The van der Waals surface area contributed by atoms with E-state index >= 15 is 0 Å². The van der Waals surface area contributed by atoms with E-state index in [0.29, 0.717) is 32.0 Å². The van der Waals surface area contributed by atoms with Gasteiger partial charge in [0.25, 0.3) is 0 Å². The van der Waals surface area contributed by atoms with E-state index in [1.165, 1.54) is 0 Å². The molecule has 2 heterocycles. The average Bonchev–Trinajstić information content (AvgIpc) is 3.47. The molecule has 2 amide bonds. The van der Waals surface area contributed by atoms with Crippen LogP contribution in [0.25, 0.3) is 0 Å². The number of carbonyl (C=O) groups is 2. The smallest absolute Gasteiger partial charge is 0.249 e. The van der Waals surface area contributed by atoms with Gasteiger partial charge in [-0.25, -0.2) is 0 Å². The van der Waals surface area contributed by atoms with Crippen LogP contribution in [0.5, 0.6) is 0 Å². The maximum absolute atomic E-state index is 13.6. The second kappa shape index (κ2) is 15.1. The highest BCUT2D eigenvalue weighted by Crippen LogP contribution is 2.12. The van der Waals surface area contributed by atoms with Crippen LogP contribution in [0.15, 0.2) is 83.5 Å². The van der Waals surface area contributed by atoms with Gasteiger partial charge in [0, 0.05) is 32.7 Å². The summed E-state index contributed by atoms with van der Waals surface area (Å²) in [6.45, 7) is 5.61. The Hall–Kier alpha value is -3.46. The first-order valence-electron chi connectivity index (χ1n) is 13.2. The van der Waals surface area contributed by atoms with Crippen LogP contribution in [0.3, 0.4) is 0 Å². The molecule has 1 aromatic heterocycles. The van der Waals surface area contributed by atoms with Gasteiger partial charge in [-0.05, 0) is 29.7 Å². The minimum atomic E-state index is -0.186.